The quantitative estimate of drug-likeness (QED) is 0.655. The van der Waals surface area contributed by atoms with Gasteiger partial charge in [-0.2, -0.15) is 0 Å². The summed E-state index contributed by atoms with van der Waals surface area (Å²) in [5, 5.41) is 0.965. The summed E-state index contributed by atoms with van der Waals surface area (Å²) in [5.74, 6) is -0.172. The third-order valence-electron chi connectivity index (χ3n) is 5.24. The number of fused-ring (bicyclic) bond motifs is 1. The van der Waals surface area contributed by atoms with Crippen LogP contribution in [0.1, 0.15) is 47.7 Å². The molecule has 3 aromatic rings. The normalized spacial score (nSPS) is 18.8. The molecule has 1 N–H and O–H groups in total. The van der Waals surface area contributed by atoms with E-state index in [-0.39, 0.29) is 5.82 Å². The number of aromatic amines is 1. The predicted molar refractivity (Wildman–Crippen MR) is 101 cm³/mol. The van der Waals surface area contributed by atoms with Crippen molar-refractivity contribution in [3.8, 4) is 0 Å². The van der Waals surface area contributed by atoms with Crippen LogP contribution in [0.5, 0.6) is 0 Å². The van der Waals surface area contributed by atoms with E-state index in [2.05, 4.69) is 48.0 Å². The van der Waals surface area contributed by atoms with Gasteiger partial charge in [0, 0.05) is 23.1 Å². The molecule has 2 aromatic carbocycles. The summed E-state index contributed by atoms with van der Waals surface area (Å²) < 4.78 is 13.5. The Hall–Kier alpha value is -2.13. The first-order valence-corrected chi connectivity index (χ1v) is 9.18. The van der Waals surface area contributed by atoms with Crippen LogP contribution in [-0.2, 0) is 6.54 Å². The third-order valence-corrected chi connectivity index (χ3v) is 5.24. The molecule has 0 bridgehead atoms. The summed E-state index contributed by atoms with van der Waals surface area (Å²) in [6.45, 7) is 6.41. The minimum absolute atomic E-state index is 0.172. The summed E-state index contributed by atoms with van der Waals surface area (Å²) in [6, 6.07) is 14.3. The van der Waals surface area contributed by atoms with Crippen LogP contribution < -0.4 is 0 Å². The molecule has 0 saturated carbocycles. The highest BCUT2D eigenvalue weighted by molar-refractivity contribution is 5.80. The molecule has 130 valence electrons. The Balaban J connectivity index is 1.63. The number of piperidine rings is 1. The summed E-state index contributed by atoms with van der Waals surface area (Å²) in [5.41, 5.74) is 6.26. The molecule has 25 heavy (non-hydrogen) atoms. The second-order valence-electron chi connectivity index (χ2n) is 7.43. The Morgan fingerprint density at radius 1 is 1.04 bits per heavy atom. The van der Waals surface area contributed by atoms with E-state index in [9.17, 15) is 4.39 Å². The van der Waals surface area contributed by atoms with Crippen molar-refractivity contribution in [2.75, 3.05) is 6.54 Å². The standard InChI is InChI=1S/C22H25FN2/c1-15-9-16(2)11-17(10-15)14-25-8-4-3-5-22(25)21-13-18-12-19(23)6-7-20(18)24-21/h6-7,9-13,22,24H,3-5,8,14H2,1-2H3. The fraction of sp³-hybridized carbons (Fsp3) is 0.364. The summed E-state index contributed by atoms with van der Waals surface area (Å²) in [4.78, 5) is 6.09. The van der Waals surface area contributed by atoms with E-state index in [0.717, 1.165) is 30.4 Å². The zero-order valence-corrected chi connectivity index (χ0v) is 15.0. The maximum atomic E-state index is 13.5. The smallest absolute Gasteiger partial charge is 0.123 e. The minimum atomic E-state index is -0.172. The van der Waals surface area contributed by atoms with E-state index in [1.54, 1.807) is 6.07 Å². The van der Waals surface area contributed by atoms with Crippen molar-refractivity contribution in [3.63, 3.8) is 0 Å². The van der Waals surface area contributed by atoms with E-state index in [1.807, 2.05) is 6.07 Å². The Bertz CT molecular complexity index is 876. The Morgan fingerprint density at radius 2 is 1.84 bits per heavy atom. The number of rotatable bonds is 3. The monoisotopic (exact) mass is 336 g/mol. The minimum Gasteiger partial charge on any atom is -0.357 e. The van der Waals surface area contributed by atoms with Gasteiger partial charge < -0.3 is 4.98 Å². The maximum Gasteiger partial charge on any atom is 0.123 e. The lowest BCUT2D eigenvalue weighted by Crippen LogP contribution is -2.33. The topological polar surface area (TPSA) is 19.0 Å². The van der Waals surface area contributed by atoms with Gasteiger partial charge in [-0.05, 0) is 63.1 Å². The van der Waals surface area contributed by atoms with E-state index in [4.69, 9.17) is 0 Å². The van der Waals surface area contributed by atoms with Crippen LogP contribution in [0.3, 0.4) is 0 Å². The molecule has 0 spiro atoms. The van der Waals surface area contributed by atoms with Gasteiger partial charge >= 0.3 is 0 Å². The Kier molecular flexibility index (Phi) is 4.34. The summed E-state index contributed by atoms with van der Waals surface area (Å²) >= 11 is 0. The molecule has 4 rings (SSSR count). The van der Waals surface area contributed by atoms with Gasteiger partial charge in [-0.15, -0.1) is 0 Å². The maximum absolute atomic E-state index is 13.5. The van der Waals surface area contributed by atoms with Gasteiger partial charge in [0.15, 0.2) is 0 Å². The van der Waals surface area contributed by atoms with E-state index in [1.165, 1.54) is 41.3 Å². The first-order chi connectivity index (χ1) is 12.1. The van der Waals surface area contributed by atoms with Gasteiger partial charge in [0.05, 0.1) is 6.04 Å². The SMILES string of the molecule is Cc1cc(C)cc(CN2CCCCC2c2cc3cc(F)ccc3[nH]2)c1. The van der Waals surface area contributed by atoms with Crippen LogP contribution >= 0.6 is 0 Å². The number of nitrogens with one attached hydrogen (secondary N) is 1. The highest BCUT2D eigenvalue weighted by Gasteiger charge is 2.25. The fourth-order valence-electron chi connectivity index (χ4n) is 4.23. The molecule has 1 aliphatic heterocycles. The van der Waals surface area contributed by atoms with Crippen molar-refractivity contribution >= 4 is 10.9 Å². The molecule has 3 heteroatoms. The molecule has 2 heterocycles. The van der Waals surface area contributed by atoms with Crippen molar-refractivity contribution in [1.29, 1.82) is 0 Å². The molecule has 1 aromatic heterocycles. The van der Waals surface area contributed by atoms with Gasteiger partial charge in [0.1, 0.15) is 5.82 Å². The van der Waals surface area contributed by atoms with Gasteiger partial charge in [0.25, 0.3) is 0 Å². The highest BCUT2D eigenvalue weighted by Crippen LogP contribution is 2.33. The van der Waals surface area contributed by atoms with E-state index in [0.29, 0.717) is 6.04 Å². The van der Waals surface area contributed by atoms with Crippen LogP contribution in [-0.4, -0.2) is 16.4 Å². The van der Waals surface area contributed by atoms with Gasteiger partial charge in [-0.1, -0.05) is 35.7 Å². The highest BCUT2D eigenvalue weighted by atomic mass is 19.1. The van der Waals surface area contributed by atoms with Crippen molar-refractivity contribution < 1.29 is 4.39 Å². The Morgan fingerprint density at radius 3 is 2.64 bits per heavy atom. The zero-order chi connectivity index (χ0) is 17.4. The predicted octanol–water partition coefficient (Wildman–Crippen LogP) is 5.65. The third kappa shape index (κ3) is 3.47. The van der Waals surface area contributed by atoms with Gasteiger partial charge in [-0.25, -0.2) is 4.39 Å². The lowest BCUT2D eigenvalue weighted by Gasteiger charge is -2.35. The molecule has 0 aliphatic carbocycles. The number of likely N-dealkylation sites (tertiary alicyclic amines) is 1. The molecule has 1 aliphatic rings. The van der Waals surface area contributed by atoms with E-state index >= 15 is 0 Å². The lowest BCUT2D eigenvalue weighted by molar-refractivity contribution is 0.138. The van der Waals surface area contributed by atoms with Crippen LogP contribution in [0, 0.1) is 19.7 Å². The average molecular weight is 336 g/mol. The molecular formula is C22H25FN2. The molecular weight excluding hydrogens is 311 g/mol. The molecule has 1 atom stereocenters. The van der Waals surface area contributed by atoms with Crippen molar-refractivity contribution in [1.82, 2.24) is 9.88 Å². The van der Waals surface area contributed by atoms with Crippen molar-refractivity contribution in [2.45, 2.75) is 45.7 Å². The van der Waals surface area contributed by atoms with Crippen LogP contribution in [0.25, 0.3) is 10.9 Å². The second kappa shape index (κ2) is 6.64. The fourth-order valence-corrected chi connectivity index (χ4v) is 4.23. The van der Waals surface area contributed by atoms with Gasteiger partial charge in [0.2, 0.25) is 0 Å². The number of hydrogen-bond donors (Lipinski definition) is 1. The van der Waals surface area contributed by atoms with Gasteiger partial charge in [-0.3, -0.25) is 4.90 Å². The number of halogens is 1. The molecule has 1 saturated heterocycles. The number of nitrogens with zero attached hydrogens (tertiary/aromatic N) is 1. The number of aryl methyl sites for hydroxylation is 2. The number of H-pyrrole nitrogens is 1. The lowest BCUT2D eigenvalue weighted by atomic mass is 9.97. The number of benzene rings is 2. The van der Waals surface area contributed by atoms with E-state index < -0.39 is 0 Å². The molecule has 1 unspecified atom stereocenters. The number of aromatic nitrogens is 1. The summed E-state index contributed by atoms with van der Waals surface area (Å²) in [6.07, 6.45) is 3.65. The van der Waals surface area contributed by atoms with Crippen LogP contribution in [0.15, 0.2) is 42.5 Å². The molecule has 0 radical (unpaired) electrons. The zero-order valence-electron chi connectivity index (χ0n) is 15.0. The average Bonchev–Trinajstić information content (AvgIpc) is 2.97. The van der Waals surface area contributed by atoms with Crippen molar-refractivity contribution in [2.24, 2.45) is 0 Å². The first-order valence-electron chi connectivity index (χ1n) is 9.18. The Labute approximate surface area is 148 Å². The molecule has 1 fully saturated rings. The summed E-state index contributed by atoms with van der Waals surface area (Å²) in [7, 11) is 0. The van der Waals surface area contributed by atoms with Crippen LogP contribution in [0.4, 0.5) is 4.39 Å². The van der Waals surface area contributed by atoms with Crippen LogP contribution in [0.2, 0.25) is 0 Å². The van der Waals surface area contributed by atoms with Crippen molar-refractivity contribution in [3.05, 3.63) is 70.7 Å². The molecule has 0 amide bonds. The number of hydrogen-bond acceptors (Lipinski definition) is 1. The first kappa shape index (κ1) is 16.3. The second-order valence-corrected chi connectivity index (χ2v) is 7.43. The largest absolute Gasteiger partial charge is 0.357 e. The molecule has 2 nitrogen and oxygen atoms in total.